The fourth-order valence-corrected chi connectivity index (χ4v) is 2.27. The van der Waals surface area contributed by atoms with Crippen molar-refractivity contribution < 1.29 is 24.2 Å². The third-order valence-electron chi connectivity index (χ3n) is 3.50. The van der Waals surface area contributed by atoms with E-state index in [-0.39, 0.29) is 18.6 Å². The molecule has 0 heterocycles. The highest BCUT2D eigenvalue weighted by atomic mass is 16.5. The molecular weight excluding hydrogens is 286 g/mol. The van der Waals surface area contributed by atoms with Gasteiger partial charge >= 0.3 is 5.97 Å². The van der Waals surface area contributed by atoms with Gasteiger partial charge in [-0.3, -0.25) is 4.79 Å². The number of carbonyl (C=O) groups is 2. The summed E-state index contributed by atoms with van der Waals surface area (Å²) in [6, 6.07) is 6.28. The van der Waals surface area contributed by atoms with Gasteiger partial charge < -0.3 is 19.5 Å². The van der Waals surface area contributed by atoms with E-state index in [0.717, 1.165) is 12.8 Å². The number of amides is 1. The molecule has 0 bridgehead atoms. The van der Waals surface area contributed by atoms with E-state index in [2.05, 4.69) is 0 Å². The Morgan fingerprint density at radius 2 is 1.86 bits per heavy atom. The zero-order valence-electron chi connectivity index (χ0n) is 12.8. The normalized spacial score (nSPS) is 15.0. The number of rotatable bonds is 8. The first-order valence-corrected chi connectivity index (χ1v) is 7.43. The first-order chi connectivity index (χ1) is 10.5. The maximum Gasteiger partial charge on any atom is 0.326 e. The summed E-state index contributed by atoms with van der Waals surface area (Å²) in [6.45, 7) is 3.69. The molecule has 0 saturated heterocycles. The summed E-state index contributed by atoms with van der Waals surface area (Å²) in [5.74, 6) is -0.267. The van der Waals surface area contributed by atoms with Crippen LogP contribution in [-0.4, -0.2) is 47.2 Å². The number of benzene rings is 1. The Morgan fingerprint density at radius 3 is 2.36 bits per heavy atom. The summed E-state index contributed by atoms with van der Waals surface area (Å²) in [6.07, 6.45) is 1.69. The van der Waals surface area contributed by atoms with Crippen LogP contribution in [0.25, 0.3) is 0 Å². The maximum absolute atomic E-state index is 12.3. The lowest BCUT2D eigenvalue weighted by molar-refractivity contribution is -0.150. The molecule has 2 rings (SSSR count). The van der Waals surface area contributed by atoms with Crippen molar-refractivity contribution in [2.45, 2.75) is 38.8 Å². The average molecular weight is 307 g/mol. The molecule has 1 amide bonds. The fourth-order valence-electron chi connectivity index (χ4n) is 2.27. The Hall–Kier alpha value is -2.24. The van der Waals surface area contributed by atoms with E-state index in [1.165, 1.54) is 11.8 Å². The zero-order valence-corrected chi connectivity index (χ0v) is 12.8. The van der Waals surface area contributed by atoms with Gasteiger partial charge in [-0.25, -0.2) is 4.79 Å². The van der Waals surface area contributed by atoms with E-state index in [1.54, 1.807) is 18.2 Å². The summed E-state index contributed by atoms with van der Waals surface area (Å²) < 4.78 is 11.0. The van der Waals surface area contributed by atoms with Gasteiger partial charge in [-0.15, -0.1) is 0 Å². The molecule has 1 aromatic carbocycles. The summed E-state index contributed by atoms with van der Waals surface area (Å²) in [5, 5.41) is 9.12. The fraction of sp³-hybridized carbons (Fsp3) is 0.500. The number of carbonyl (C=O) groups excluding carboxylic acids is 1. The summed E-state index contributed by atoms with van der Waals surface area (Å²) in [5.41, 5.74) is 0. The van der Waals surface area contributed by atoms with Crippen molar-refractivity contribution in [2.75, 3.05) is 13.2 Å². The standard InChI is InChI=1S/C16H21NO5/c1-3-21-13-6-4-5-7-14(13)22-10-15(18)17(12-8-9-12)11(2)16(19)20/h4-7,11-12H,3,8-10H2,1-2H3,(H,19,20). The van der Waals surface area contributed by atoms with Gasteiger partial charge in [0.15, 0.2) is 18.1 Å². The van der Waals surface area contributed by atoms with Crippen molar-refractivity contribution in [1.29, 1.82) is 0 Å². The molecule has 0 aromatic heterocycles. The van der Waals surface area contributed by atoms with Crippen LogP contribution in [0.3, 0.4) is 0 Å². The highest BCUT2D eigenvalue weighted by Gasteiger charge is 2.38. The molecule has 1 unspecified atom stereocenters. The van der Waals surface area contributed by atoms with E-state index in [0.29, 0.717) is 18.1 Å². The second kappa shape index (κ2) is 7.15. The van der Waals surface area contributed by atoms with E-state index in [9.17, 15) is 9.59 Å². The largest absolute Gasteiger partial charge is 0.490 e. The van der Waals surface area contributed by atoms with Crippen LogP contribution in [0.5, 0.6) is 11.5 Å². The number of para-hydroxylation sites is 2. The van der Waals surface area contributed by atoms with Crippen molar-refractivity contribution in [3.63, 3.8) is 0 Å². The Balaban J connectivity index is 2.00. The SMILES string of the molecule is CCOc1ccccc1OCC(=O)N(C1CC1)C(C)C(=O)O. The van der Waals surface area contributed by atoms with Crippen molar-refractivity contribution in [1.82, 2.24) is 4.90 Å². The van der Waals surface area contributed by atoms with E-state index >= 15 is 0 Å². The van der Waals surface area contributed by atoms with Crippen LogP contribution in [0.1, 0.15) is 26.7 Å². The molecule has 1 atom stereocenters. The maximum atomic E-state index is 12.3. The van der Waals surface area contributed by atoms with Gasteiger partial charge in [-0.2, -0.15) is 0 Å². The lowest BCUT2D eigenvalue weighted by Crippen LogP contribution is -2.46. The Bertz CT molecular complexity index is 541. The van der Waals surface area contributed by atoms with Gasteiger partial charge in [0.05, 0.1) is 6.61 Å². The van der Waals surface area contributed by atoms with Crippen LogP contribution in [0.15, 0.2) is 24.3 Å². The lowest BCUT2D eigenvalue weighted by atomic mass is 10.2. The lowest BCUT2D eigenvalue weighted by Gasteiger charge is -2.26. The second-order valence-electron chi connectivity index (χ2n) is 5.21. The molecule has 6 heteroatoms. The molecule has 1 saturated carbocycles. The molecule has 0 radical (unpaired) electrons. The van der Waals surface area contributed by atoms with Crippen molar-refractivity contribution in [3.05, 3.63) is 24.3 Å². The molecular formula is C16H21NO5. The van der Waals surface area contributed by atoms with Gasteiger partial charge in [-0.05, 0) is 38.8 Å². The second-order valence-corrected chi connectivity index (χ2v) is 5.21. The first kappa shape index (κ1) is 16.1. The predicted molar refractivity (Wildman–Crippen MR) is 80.1 cm³/mol. The molecule has 1 aliphatic carbocycles. The molecule has 22 heavy (non-hydrogen) atoms. The van der Waals surface area contributed by atoms with Crippen molar-refractivity contribution >= 4 is 11.9 Å². The molecule has 6 nitrogen and oxygen atoms in total. The highest BCUT2D eigenvalue weighted by molar-refractivity contribution is 5.85. The molecule has 0 aliphatic heterocycles. The van der Waals surface area contributed by atoms with Crippen LogP contribution in [0, 0.1) is 0 Å². The topological polar surface area (TPSA) is 76.1 Å². The number of nitrogens with zero attached hydrogens (tertiary/aromatic N) is 1. The number of ether oxygens (including phenoxy) is 2. The number of hydrogen-bond acceptors (Lipinski definition) is 4. The number of aliphatic carboxylic acids is 1. The third kappa shape index (κ3) is 3.90. The third-order valence-corrected chi connectivity index (χ3v) is 3.50. The van der Waals surface area contributed by atoms with Gasteiger partial charge in [0, 0.05) is 6.04 Å². The summed E-state index contributed by atoms with van der Waals surface area (Å²) >= 11 is 0. The molecule has 120 valence electrons. The van der Waals surface area contributed by atoms with Crippen molar-refractivity contribution in [2.24, 2.45) is 0 Å². The Morgan fingerprint density at radius 1 is 1.27 bits per heavy atom. The van der Waals surface area contributed by atoms with Gasteiger partial charge in [0.2, 0.25) is 0 Å². The quantitative estimate of drug-likeness (QED) is 0.794. The van der Waals surface area contributed by atoms with Gasteiger partial charge in [0.25, 0.3) is 5.91 Å². The highest BCUT2D eigenvalue weighted by Crippen LogP contribution is 2.30. The zero-order chi connectivity index (χ0) is 16.1. The van der Waals surface area contributed by atoms with Gasteiger partial charge in [-0.1, -0.05) is 12.1 Å². The Kier molecular flexibility index (Phi) is 5.25. The van der Waals surface area contributed by atoms with E-state index in [4.69, 9.17) is 14.6 Å². The number of carboxylic acids is 1. The molecule has 1 fully saturated rings. The minimum Gasteiger partial charge on any atom is -0.490 e. The molecule has 1 aromatic rings. The molecule has 1 aliphatic rings. The van der Waals surface area contributed by atoms with Crippen LogP contribution in [0.4, 0.5) is 0 Å². The first-order valence-electron chi connectivity index (χ1n) is 7.43. The predicted octanol–water partition coefficient (Wildman–Crippen LogP) is 1.93. The summed E-state index contributed by atoms with van der Waals surface area (Å²) in [7, 11) is 0. The van der Waals surface area contributed by atoms with Crippen molar-refractivity contribution in [3.8, 4) is 11.5 Å². The molecule has 0 spiro atoms. The summed E-state index contributed by atoms with van der Waals surface area (Å²) in [4.78, 5) is 24.9. The van der Waals surface area contributed by atoms with Crippen LogP contribution < -0.4 is 9.47 Å². The number of hydrogen-bond donors (Lipinski definition) is 1. The van der Waals surface area contributed by atoms with Crippen LogP contribution >= 0.6 is 0 Å². The molecule has 1 N–H and O–H groups in total. The Labute approximate surface area is 129 Å². The van der Waals surface area contributed by atoms with Crippen LogP contribution in [-0.2, 0) is 9.59 Å². The van der Waals surface area contributed by atoms with Crippen LogP contribution in [0.2, 0.25) is 0 Å². The van der Waals surface area contributed by atoms with E-state index < -0.39 is 12.0 Å². The minimum atomic E-state index is -1.00. The number of carboxylic acid groups (broad SMARTS) is 1. The minimum absolute atomic E-state index is 0.0179. The average Bonchev–Trinajstić information content (AvgIpc) is 3.31. The smallest absolute Gasteiger partial charge is 0.326 e. The van der Waals surface area contributed by atoms with Gasteiger partial charge in [0.1, 0.15) is 6.04 Å². The van der Waals surface area contributed by atoms with E-state index in [1.807, 2.05) is 13.0 Å². The monoisotopic (exact) mass is 307 g/mol.